The summed E-state index contributed by atoms with van der Waals surface area (Å²) in [6, 6.07) is 14.6. The van der Waals surface area contributed by atoms with Gasteiger partial charge in [-0.1, -0.05) is 37.5 Å². The average Bonchev–Trinajstić information content (AvgIpc) is 3.14. The maximum Gasteiger partial charge on any atom is 0.223 e. The summed E-state index contributed by atoms with van der Waals surface area (Å²) in [4.78, 5) is 17.3. The van der Waals surface area contributed by atoms with Crippen LogP contribution in [0.2, 0.25) is 0 Å². The maximum absolute atomic E-state index is 12.4. The SMILES string of the molecule is Cc1cc(C)cc(OCCn2c(CCCNC(=O)C3CCCCC3)nc3ccccc32)c1. The number of benzene rings is 2. The van der Waals surface area contributed by atoms with Crippen LogP contribution in [0.15, 0.2) is 42.5 Å². The molecule has 1 N–H and O–H groups in total. The second kappa shape index (κ2) is 10.7. The molecule has 1 heterocycles. The summed E-state index contributed by atoms with van der Waals surface area (Å²) < 4.78 is 8.33. The lowest BCUT2D eigenvalue weighted by atomic mass is 9.89. The number of nitrogens with one attached hydrogen (secondary N) is 1. The molecular formula is C27H35N3O2. The van der Waals surface area contributed by atoms with E-state index >= 15 is 0 Å². The first-order chi connectivity index (χ1) is 15.6. The number of aryl methyl sites for hydroxylation is 3. The molecule has 0 atom stereocenters. The van der Waals surface area contributed by atoms with Gasteiger partial charge in [-0.05, 0) is 68.5 Å². The number of imidazole rings is 1. The van der Waals surface area contributed by atoms with Crippen LogP contribution in [-0.2, 0) is 17.8 Å². The van der Waals surface area contributed by atoms with Gasteiger partial charge in [0.2, 0.25) is 5.91 Å². The topological polar surface area (TPSA) is 56.1 Å². The lowest BCUT2D eigenvalue weighted by Crippen LogP contribution is -2.32. The molecule has 1 fully saturated rings. The van der Waals surface area contributed by atoms with Gasteiger partial charge in [-0.2, -0.15) is 0 Å². The number of nitrogens with zero attached hydrogens (tertiary/aromatic N) is 2. The molecule has 5 nitrogen and oxygen atoms in total. The maximum atomic E-state index is 12.4. The summed E-state index contributed by atoms with van der Waals surface area (Å²) >= 11 is 0. The Morgan fingerprint density at radius 3 is 2.62 bits per heavy atom. The summed E-state index contributed by atoms with van der Waals surface area (Å²) in [5.74, 6) is 2.43. The highest BCUT2D eigenvalue weighted by Gasteiger charge is 2.20. The van der Waals surface area contributed by atoms with Crippen LogP contribution in [0.25, 0.3) is 11.0 Å². The number of ether oxygens (including phenoxy) is 1. The minimum atomic E-state index is 0.218. The van der Waals surface area contributed by atoms with Crippen molar-refractivity contribution in [3.05, 3.63) is 59.4 Å². The Morgan fingerprint density at radius 1 is 1.09 bits per heavy atom. The minimum absolute atomic E-state index is 0.218. The molecule has 3 aromatic rings. The number of fused-ring (bicyclic) bond motifs is 1. The van der Waals surface area contributed by atoms with Crippen LogP contribution in [0.5, 0.6) is 5.75 Å². The Bertz CT molecular complexity index is 1030. The van der Waals surface area contributed by atoms with Crippen LogP contribution in [0.1, 0.15) is 55.5 Å². The standard InChI is InChI=1S/C27H35N3O2/c1-20-17-21(2)19-23(18-20)32-16-15-30-25-12-7-6-11-24(25)29-26(30)13-8-14-28-27(31)22-9-4-3-5-10-22/h6-7,11-12,17-19,22H,3-5,8-10,13-16H2,1-2H3,(H,28,31). The van der Waals surface area contributed by atoms with E-state index < -0.39 is 0 Å². The van der Waals surface area contributed by atoms with E-state index in [9.17, 15) is 4.79 Å². The van der Waals surface area contributed by atoms with Crippen molar-refractivity contribution in [1.29, 1.82) is 0 Å². The van der Waals surface area contributed by atoms with Crippen molar-refractivity contribution >= 4 is 16.9 Å². The molecule has 1 aliphatic rings. The van der Waals surface area contributed by atoms with E-state index in [0.29, 0.717) is 13.2 Å². The van der Waals surface area contributed by atoms with Gasteiger partial charge < -0.3 is 14.6 Å². The first-order valence-corrected chi connectivity index (χ1v) is 12.0. The van der Waals surface area contributed by atoms with Gasteiger partial charge >= 0.3 is 0 Å². The zero-order chi connectivity index (χ0) is 22.3. The van der Waals surface area contributed by atoms with E-state index in [2.05, 4.69) is 60.1 Å². The number of rotatable bonds is 9. The highest BCUT2D eigenvalue weighted by atomic mass is 16.5. The Morgan fingerprint density at radius 2 is 1.84 bits per heavy atom. The highest BCUT2D eigenvalue weighted by molar-refractivity contribution is 5.78. The molecule has 1 amide bonds. The zero-order valence-corrected chi connectivity index (χ0v) is 19.4. The monoisotopic (exact) mass is 433 g/mol. The third-order valence-electron chi connectivity index (χ3n) is 6.36. The average molecular weight is 434 g/mol. The molecule has 1 saturated carbocycles. The van der Waals surface area contributed by atoms with Gasteiger partial charge in [-0.15, -0.1) is 0 Å². The zero-order valence-electron chi connectivity index (χ0n) is 19.4. The molecule has 2 aromatic carbocycles. The fraction of sp³-hybridized carbons (Fsp3) is 0.481. The van der Waals surface area contributed by atoms with Crippen molar-refractivity contribution < 1.29 is 9.53 Å². The van der Waals surface area contributed by atoms with Crippen LogP contribution in [0.4, 0.5) is 0 Å². The fourth-order valence-electron chi connectivity index (χ4n) is 4.80. The predicted octanol–water partition coefficient (Wildman–Crippen LogP) is 5.36. The van der Waals surface area contributed by atoms with Gasteiger partial charge in [-0.3, -0.25) is 4.79 Å². The second-order valence-electron chi connectivity index (χ2n) is 9.07. The third kappa shape index (κ3) is 5.70. The van der Waals surface area contributed by atoms with Crippen LogP contribution in [0, 0.1) is 19.8 Å². The van der Waals surface area contributed by atoms with Gasteiger partial charge in [0.05, 0.1) is 17.6 Å². The van der Waals surface area contributed by atoms with Crippen molar-refractivity contribution in [2.24, 2.45) is 5.92 Å². The van der Waals surface area contributed by atoms with E-state index in [1.165, 1.54) is 30.4 Å². The molecule has 170 valence electrons. The lowest BCUT2D eigenvalue weighted by Gasteiger charge is -2.20. The Kier molecular flexibility index (Phi) is 7.46. The van der Waals surface area contributed by atoms with Gasteiger partial charge in [0.1, 0.15) is 18.2 Å². The van der Waals surface area contributed by atoms with Gasteiger partial charge in [0, 0.05) is 18.9 Å². The highest BCUT2D eigenvalue weighted by Crippen LogP contribution is 2.23. The number of amides is 1. The number of aromatic nitrogens is 2. The molecule has 0 aliphatic heterocycles. The third-order valence-corrected chi connectivity index (χ3v) is 6.36. The van der Waals surface area contributed by atoms with Crippen LogP contribution in [-0.4, -0.2) is 28.6 Å². The van der Waals surface area contributed by atoms with Crippen LogP contribution in [0.3, 0.4) is 0 Å². The normalized spacial score (nSPS) is 14.6. The smallest absolute Gasteiger partial charge is 0.223 e. The quantitative estimate of drug-likeness (QED) is 0.462. The number of hydrogen-bond acceptors (Lipinski definition) is 3. The molecule has 1 aromatic heterocycles. The number of carbonyl (C=O) groups excluding carboxylic acids is 1. The van der Waals surface area contributed by atoms with Crippen molar-refractivity contribution in [3.63, 3.8) is 0 Å². The lowest BCUT2D eigenvalue weighted by molar-refractivity contribution is -0.125. The largest absolute Gasteiger partial charge is 0.492 e. The first-order valence-electron chi connectivity index (χ1n) is 12.0. The van der Waals surface area contributed by atoms with E-state index in [0.717, 1.165) is 54.8 Å². The summed E-state index contributed by atoms with van der Waals surface area (Å²) in [7, 11) is 0. The van der Waals surface area contributed by atoms with Crippen LogP contribution >= 0.6 is 0 Å². The predicted molar refractivity (Wildman–Crippen MR) is 129 cm³/mol. The molecule has 5 heteroatoms. The van der Waals surface area contributed by atoms with Crippen molar-refractivity contribution in [2.75, 3.05) is 13.2 Å². The number of hydrogen-bond donors (Lipinski definition) is 1. The molecule has 0 bridgehead atoms. The van der Waals surface area contributed by atoms with Gasteiger partial charge in [0.25, 0.3) is 0 Å². The molecule has 0 radical (unpaired) electrons. The van der Waals surface area contributed by atoms with E-state index in [1.807, 2.05) is 6.07 Å². The van der Waals surface area contributed by atoms with Gasteiger partial charge in [-0.25, -0.2) is 4.98 Å². The summed E-state index contributed by atoms with van der Waals surface area (Å²) in [5.41, 5.74) is 4.57. The van der Waals surface area contributed by atoms with Crippen molar-refractivity contribution in [3.8, 4) is 5.75 Å². The summed E-state index contributed by atoms with van der Waals surface area (Å²) in [6.45, 7) is 6.23. The summed E-state index contributed by atoms with van der Waals surface area (Å²) in [5, 5.41) is 3.15. The van der Waals surface area contributed by atoms with Crippen molar-refractivity contribution in [2.45, 2.75) is 65.3 Å². The second-order valence-corrected chi connectivity index (χ2v) is 9.07. The van der Waals surface area contributed by atoms with E-state index in [-0.39, 0.29) is 11.8 Å². The molecule has 4 rings (SSSR count). The molecule has 0 unspecified atom stereocenters. The first kappa shape index (κ1) is 22.4. The Balaban J connectivity index is 1.35. The molecular weight excluding hydrogens is 398 g/mol. The molecule has 0 spiro atoms. The molecule has 1 aliphatic carbocycles. The Hall–Kier alpha value is -2.82. The van der Waals surface area contributed by atoms with Crippen LogP contribution < -0.4 is 10.1 Å². The van der Waals surface area contributed by atoms with Crippen molar-refractivity contribution in [1.82, 2.24) is 14.9 Å². The number of para-hydroxylation sites is 2. The number of carbonyl (C=O) groups is 1. The summed E-state index contributed by atoms with van der Waals surface area (Å²) in [6.07, 6.45) is 7.46. The van der Waals surface area contributed by atoms with E-state index in [4.69, 9.17) is 9.72 Å². The fourth-order valence-corrected chi connectivity index (χ4v) is 4.80. The van der Waals surface area contributed by atoms with E-state index in [1.54, 1.807) is 0 Å². The van der Waals surface area contributed by atoms with Gasteiger partial charge in [0.15, 0.2) is 0 Å². The minimum Gasteiger partial charge on any atom is -0.492 e. The molecule has 32 heavy (non-hydrogen) atoms. The Labute approximate surface area is 191 Å². The molecule has 0 saturated heterocycles.